The van der Waals surface area contributed by atoms with Crippen molar-refractivity contribution in [1.29, 1.82) is 0 Å². The van der Waals surface area contributed by atoms with Crippen molar-refractivity contribution >= 4 is 5.91 Å². The average molecular weight is 338 g/mol. The van der Waals surface area contributed by atoms with Crippen molar-refractivity contribution in [1.82, 2.24) is 10.6 Å². The molecule has 1 aliphatic rings. The lowest BCUT2D eigenvalue weighted by Gasteiger charge is -2.22. The Bertz CT molecular complexity index is 649. The van der Waals surface area contributed by atoms with Gasteiger partial charge in [-0.15, -0.1) is 0 Å². The Kier molecular flexibility index (Phi) is 6.46. The molecule has 1 heterocycles. The molecule has 2 N–H and O–H groups in total. The Labute approximate surface area is 149 Å². The highest BCUT2D eigenvalue weighted by Crippen LogP contribution is 2.14. The number of amides is 1. The lowest BCUT2D eigenvalue weighted by Crippen LogP contribution is -2.47. The van der Waals surface area contributed by atoms with E-state index in [0.29, 0.717) is 13.2 Å². The van der Waals surface area contributed by atoms with Crippen molar-refractivity contribution < 1.29 is 9.53 Å². The van der Waals surface area contributed by atoms with E-state index >= 15 is 0 Å². The van der Waals surface area contributed by atoms with E-state index in [0.717, 1.165) is 37.1 Å². The molecule has 2 aromatic rings. The van der Waals surface area contributed by atoms with Gasteiger partial charge in [0, 0.05) is 6.54 Å². The Morgan fingerprint density at radius 3 is 2.56 bits per heavy atom. The number of nitrogens with one attached hydrogen (secondary N) is 2. The van der Waals surface area contributed by atoms with Gasteiger partial charge in [-0.05, 0) is 49.1 Å². The van der Waals surface area contributed by atoms with Crippen molar-refractivity contribution in [3.63, 3.8) is 0 Å². The molecule has 1 atom stereocenters. The number of rotatable bonds is 7. The monoisotopic (exact) mass is 338 g/mol. The zero-order valence-electron chi connectivity index (χ0n) is 14.5. The van der Waals surface area contributed by atoms with Gasteiger partial charge in [0.1, 0.15) is 12.4 Å². The van der Waals surface area contributed by atoms with E-state index < -0.39 is 0 Å². The molecule has 0 radical (unpaired) electrons. The summed E-state index contributed by atoms with van der Waals surface area (Å²) in [6.45, 7) is 2.19. The van der Waals surface area contributed by atoms with Gasteiger partial charge in [0.2, 0.25) is 5.91 Å². The summed E-state index contributed by atoms with van der Waals surface area (Å²) in [4.78, 5) is 12.1. The van der Waals surface area contributed by atoms with E-state index in [2.05, 4.69) is 34.9 Å². The molecule has 0 unspecified atom stereocenters. The van der Waals surface area contributed by atoms with E-state index in [9.17, 15) is 4.79 Å². The number of carbonyl (C=O) groups is 1. The highest BCUT2D eigenvalue weighted by atomic mass is 16.5. The number of benzene rings is 2. The van der Waals surface area contributed by atoms with Gasteiger partial charge in [0.15, 0.2) is 0 Å². The van der Waals surface area contributed by atoms with Gasteiger partial charge < -0.3 is 15.4 Å². The molecule has 4 heteroatoms. The maximum absolute atomic E-state index is 12.1. The number of ether oxygens (including phenoxy) is 1. The third kappa shape index (κ3) is 5.61. The van der Waals surface area contributed by atoms with Crippen LogP contribution in [0.4, 0.5) is 0 Å². The van der Waals surface area contributed by atoms with Crippen molar-refractivity contribution in [3.8, 4) is 5.75 Å². The lowest BCUT2D eigenvalue weighted by molar-refractivity contribution is -0.123. The first kappa shape index (κ1) is 17.5. The maximum Gasteiger partial charge on any atom is 0.237 e. The Morgan fingerprint density at radius 1 is 1.04 bits per heavy atom. The summed E-state index contributed by atoms with van der Waals surface area (Å²) in [6.07, 6.45) is 4.08. The fraction of sp³-hybridized carbons (Fsp3) is 0.381. The van der Waals surface area contributed by atoms with Crippen molar-refractivity contribution in [2.75, 3.05) is 13.1 Å². The second-order valence-electron chi connectivity index (χ2n) is 6.46. The van der Waals surface area contributed by atoms with Gasteiger partial charge in [0.25, 0.3) is 0 Å². The minimum atomic E-state index is -0.0116. The van der Waals surface area contributed by atoms with Gasteiger partial charge in [0.05, 0.1) is 6.04 Å². The molecule has 2 aromatic carbocycles. The van der Waals surface area contributed by atoms with Gasteiger partial charge in [-0.3, -0.25) is 4.79 Å². The predicted octanol–water partition coefficient (Wildman–Crippen LogP) is 3.07. The van der Waals surface area contributed by atoms with E-state index in [1.807, 2.05) is 30.3 Å². The topological polar surface area (TPSA) is 50.4 Å². The molecular formula is C21H26N2O2. The van der Waals surface area contributed by atoms with Crippen LogP contribution in [0.25, 0.3) is 0 Å². The molecule has 1 saturated heterocycles. The Morgan fingerprint density at radius 2 is 1.84 bits per heavy atom. The van der Waals surface area contributed by atoms with E-state index in [4.69, 9.17) is 4.74 Å². The molecule has 0 saturated carbocycles. The summed E-state index contributed by atoms with van der Waals surface area (Å²) in [7, 11) is 0. The van der Waals surface area contributed by atoms with Gasteiger partial charge in [-0.1, -0.05) is 48.9 Å². The number of hydrogen-bond donors (Lipinski definition) is 2. The van der Waals surface area contributed by atoms with Crippen LogP contribution in [-0.4, -0.2) is 25.0 Å². The molecule has 0 bridgehead atoms. The molecular weight excluding hydrogens is 312 g/mol. The molecule has 0 aromatic heterocycles. The summed E-state index contributed by atoms with van der Waals surface area (Å²) >= 11 is 0. The van der Waals surface area contributed by atoms with Crippen LogP contribution < -0.4 is 15.4 Å². The van der Waals surface area contributed by atoms with Gasteiger partial charge in [-0.2, -0.15) is 0 Å². The molecule has 1 aliphatic heterocycles. The first-order chi connectivity index (χ1) is 12.3. The Hall–Kier alpha value is -2.33. The molecule has 25 heavy (non-hydrogen) atoms. The third-order valence-electron chi connectivity index (χ3n) is 4.51. The third-order valence-corrected chi connectivity index (χ3v) is 4.51. The first-order valence-electron chi connectivity index (χ1n) is 9.08. The SMILES string of the molecule is O=C(NCCc1ccc(OCc2ccccc2)cc1)[C@H]1CCCCN1. The lowest BCUT2D eigenvalue weighted by atomic mass is 10.0. The normalized spacial score (nSPS) is 17.0. The van der Waals surface area contributed by atoms with Crippen LogP contribution in [-0.2, 0) is 17.8 Å². The van der Waals surface area contributed by atoms with E-state index in [1.54, 1.807) is 0 Å². The summed E-state index contributed by atoms with van der Waals surface area (Å²) in [6, 6.07) is 18.2. The average Bonchev–Trinajstić information content (AvgIpc) is 2.69. The van der Waals surface area contributed by atoms with E-state index in [-0.39, 0.29) is 11.9 Å². The van der Waals surface area contributed by atoms with Crippen molar-refractivity contribution in [2.24, 2.45) is 0 Å². The summed E-state index contributed by atoms with van der Waals surface area (Å²) in [5, 5.41) is 6.30. The number of carbonyl (C=O) groups excluding carboxylic acids is 1. The highest BCUT2D eigenvalue weighted by molar-refractivity contribution is 5.81. The molecule has 3 rings (SSSR count). The predicted molar refractivity (Wildman–Crippen MR) is 99.6 cm³/mol. The highest BCUT2D eigenvalue weighted by Gasteiger charge is 2.19. The van der Waals surface area contributed by atoms with Crippen LogP contribution in [0.15, 0.2) is 54.6 Å². The summed E-state index contributed by atoms with van der Waals surface area (Å²) < 4.78 is 5.79. The largest absolute Gasteiger partial charge is 0.489 e. The van der Waals surface area contributed by atoms with Gasteiger partial charge in [-0.25, -0.2) is 0 Å². The van der Waals surface area contributed by atoms with Crippen LogP contribution in [0, 0.1) is 0 Å². The van der Waals surface area contributed by atoms with Crippen LogP contribution in [0.3, 0.4) is 0 Å². The first-order valence-corrected chi connectivity index (χ1v) is 9.08. The zero-order valence-corrected chi connectivity index (χ0v) is 14.5. The van der Waals surface area contributed by atoms with Crippen LogP contribution in [0.2, 0.25) is 0 Å². The fourth-order valence-electron chi connectivity index (χ4n) is 3.02. The fourth-order valence-corrected chi connectivity index (χ4v) is 3.02. The number of piperidine rings is 1. The van der Waals surface area contributed by atoms with Crippen molar-refractivity contribution in [3.05, 3.63) is 65.7 Å². The summed E-state index contributed by atoms with van der Waals surface area (Å²) in [5.74, 6) is 0.991. The molecule has 132 valence electrons. The minimum Gasteiger partial charge on any atom is -0.489 e. The molecule has 1 fully saturated rings. The smallest absolute Gasteiger partial charge is 0.237 e. The maximum atomic E-state index is 12.1. The van der Waals surface area contributed by atoms with Crippen LogP contribution in [0.1, 0.15) is 30.4 Å². The van der Waals surface area contributed by atoms with Crippen LogP contribution in [0.5, 0.6) is 5.75 Å². The molecule has 0 spiro atoms. The molecule has 4 nitrogen and oxygen atoms in total. The van der Waals surface area contributed by atoms with Crippen molar-refractivity contribution in [2.45, 2.75) is 38.3 Å². The van der Waals surface area contributed by atoms with E-state index in [1.165, 1.54) is 12.0 Å². The minimum absolute atomic E-state index is 0.0116. The zero-order chi connectivity index (χ0) is 17.3. The van der Waals surface area contributed by atoms with Crippen LogP contribution >= 0.6 is 0 Å². The number of hydrogen-bond acceptors (Lipinski definition) is 3. The van der Waals surface area contributed by atoms with Gasteiger partial charge >= 0.3 is 0 Å². The molecule has 0 aliphatic carbocycles. The molecule has 1 amide bonds. The second kappa shape index (κ2) is 9.23. The quantitative estimate of drug-likeness (QED) is 0.816. The Balaban J connectivity index is 1.39. The second-order valence-corrected chi connectivity index (χ2v) is 6.46. The summed E-state index contributed by atoms with van der Waals surface area (Å²) in [5.41, 5.74) is 2.36. The standard InChI is InChI=1S/C21H26N2O2/c24-21(20-8-4-5-14-22-20)23-15-13-17-9-11-19(12-10-17)25-16-18-6-2-1-3-7-18/h1-3,6-7,9-12,20,22H,4-5,8,13-16H2,(H,23,24)/t20-/m1/s1.